The molecule has 0 spiro atoms. The number of thioether (sulfide) groups is 1. The number of amides is 1. The Hall–Kier alpha value is -0.600. The van der Waals surface area contributed by atoms with Gasteiger partial charge in [0.15, 0.2) is 14.2 Å². The van der Waals surface area contributed by atoms with E-state index in [4.69, 9.17) is 0 Å². The maximum atomic E-state index is 12.0. The number of aromatic nitrogens is 1. The van der Waals surface area contributed by atoms with Crippen molar-refractivity contribution in [3.8, 4) is 0 Å². The average molecular weight is 320 g/mol. The fourth-order valence-electron chi connectivity index (χ4n) is 1.91. The lowest BCUT2D eigenvalue weighted by molar-refractivity contribution is -0.128. The van der Waals surface area contributed by atoms with Crippen molar-refractivity contribution in [1.29, 1.82) is 0 Å². The molecule has 106 valence electrons. The molecule has 1 aliphatic rings. The molecule has 8 heteroatoms. The molecule has 5 nitrogen and oxygen atoms in total. The Morgan fingerprint density at radius 1 is 1.63 bits per heavy atom. The molecule has 0 unspecified atom stereocenters. The Kier molecular flexibility index (Phi) is 4.52. The minimum atomic E-state index is -2.95. The molecule has 1 fully saturated rings. The number of hydrogen-bond donors (Lipinski definition) is 0. The number of rotatable bonds is 4. The van der Waals surface area contributed by atoms with Gasteiger partial charge in [-0.25, -0.2) is 13.4 Å². The van der Waals surface area contributed by atoms with Crippen LogP contribution in [0.1, 0.15) is 12.1 Å². The Morgan fingerprint density at radius 2 is 2.37 bits per heavy atom. The molecule has 0 aliphatic carbocycles. The maximum absolute atomic E-state index is 12.0. The van der Waals surface area contributed by atoms with E-state index in [9.17, 15) is 13.2 Å². The lowest BCUT2D eigenvalue weighted by atomic mass is 10.2. The van der Waals surface area contributed by atoms with Gasteiger partial charge in [0.1, 0.15) is 0 Å². The molecule has 0 radical (unpaired) electrons. The highest BCUT2D eigenvalue weighted by molar-refractivity contribution is 8.01. The van der Waals surface area contributed by atoms with Gasteiger partial charge < -0.3 is 4.90 Å². The monoisotopic (exact) mass is 320 g/mol. The van der Waals surface area contributed by atoms with E-state index in [2.05, 4.69) is 4.98 Å². The van der Waals surface area contributed by atoms with Crippen molar-refractivity contribution in [2.45, 2.75) is 23.7 Å². The zero-order chi connectivity index (χ0) is 14.0. The highest BCUT2D eigenvalue weighted by Gasteiger charge is 2.32. The summed E-state index contributed by atoms with van der Waals surface area (Å²) in [4.78, 5) is 17.9. The molecule has 0 N–H and O–H groups in total. The predicted octanol–water partition coefficient (Wildman–Crippen LogP) is 1.19. The normalized spacial score (nSPS) is 21.5. The Labute approximate surface area is 121 Å². The van der Waals surface area contributed by atoms with Gasteiger partial charge in [-0.2, -0.15) is 0 Å². The molecular weight excluding hydrogens is 304 g/mol. The fraction of sp³-hybridized carbons (Fsp3) is 0.636. The molecule has 1 aromatic rings. The largest absolute Gasteiger partial charge is 0.341 e. The van der Waals surface area contributed by atoms with E-state index in [1.165, 1.54) is 23.1 Å². The number of thiazole rings is 1. The minimum Gasteiger partial charge on any atom is -0.341 e. The van der Waals surface area contributed by atoms with Gasteiger partial charge in [0, 0.05) is 24.2 Å². The smallest absolute Gasteiger partial charge is 0.233 e. The third-order valence-corrected chi connectivity index (χ3v) is 6.94. The standard InChI is InChI=1S/C11H16N2O3S3/c1-8-5-17-11(12-8)18-6-10(14)13(2)9-3-4-19(15,16)7-9/h5,9H,3-4,6-7H2,1-2H3/t9-/m0/s1. The number of aryl methyl sites for hydroxylation is 1. The third kappa shape index (κ3) is 3.93. The summed E-state index contributed by atoms with van der Waals surface area (Å²) in [6, 6.07) is -0.170. The molecule has 0 bridgehead atoms. The first-order valence-corrected chi connectivity index (χ1v) is 9.57. The molecule has 1 amide bonds. The van der Waals surface area contributed by atoms with E-state index >= 15 is 0 Å². The van der Waals surface area contributed by atoms with E-state index < -0.39 is 9.84 Å². The van der Waals surface area contributed by atoms with E-state index in [1.54, 1.807) is 11.9 Å². The van der Waals surface area contributed by atoms with Crippen molar-refractivity contribution in [3.63, 3.8) is 0 Å². The van der Waals surface area contributed by atoms with Crippen LogP contribution in [0.2, 0.25) is 0 Å². The van der Waals surface area contributed by atoms with Crippen LogP contribution in [0.4, 0.5) is 0 Å². The van der Waals surface area contributed by atoms with Gasteiger partial charge in [-0.3, -0.25) is 4.79 Å². The molecule has 2 heterocycles. The van der Waals surface area contributed by atoms with E-state index in [0.717, 1.165) is 10.0 Å². The highest BCUT2D eigenvalue weighted by Crippen LogP contribution is 2.23. The fourth-order valence-corrected chi connectivity index (χ4v) is 5.46. The molecule has 1 aromatic heterocycles. The molecule has 19 heavy (non-hydrogen) atoms. The zero-order valence-corrected chi connectivity index (χ0v) is 13.3. The Bertz CT molecular complexity index is 567. The van der Waals surface area contributed by atoms with Crippen LogP contribution in [-0.4, -0.2) is 54.6 Å². The van der Waals surface area contributed by atoms with Gasteiger partial charge in [-0.15, -0.1) is 11.3 Å². The SMILES string of the molecule is Cc1csc(SCC(=O)N(C)[C@H]2CCS(=O)(=O)C2)n1. The van der Waals surface area contributed by atoms with Crippen molar-refractivity contribution >= 4 is 38.8 Å². The average Bonchev–Trinajstić information content (AvgIpc) is 2.91. The highest BCUT2D eigenvalue weighted by atomic mass is 32.2. The Balaban J connectivity index is 1.86. The van der Waals surface area contributed by atoms with Crippen LogP contribution in [-0.2, 0) is 14.6 Å². The van der Waals surface area contributed by atoms with Crippen molar-refractivity contribution in [2.24, 2.45) is 0 Å². The number of sulfone groups is 1. The second-order valence-corrected chi connectivity index (χ2v) is 8.91. The van der Waals surface area contributed by atoms with Gasteiger partial charge in [0.2, 0.25) is 5.91 Å². The summed E-state index contributed by atoms with van der Waals surface area (Å²) in [5, 5.41) is 1.94. The molecule has 0 aromatic carbocycles. The van der Waals surface area contributed by atoms with Crippen LogP contribution >= 0.6 is 23.1 Å². The molecule has 0 saturated carbocycles. The summed E-state index contributed by atoms with van der Waals surface area (Å²) in [5.41, 5.74) is 0.954. The number of nitrogens with zero attached hydrogens (tertiary/aromatic N) is 2. The molecule has 2 rings (SSSR count). The first-order chi connectivity index (χ1) is 8.87. The second-order valence-electron chi connectivity index (χ2n) is 4.60. The van der Waals surface area contributed by atoms with Crippen molar-refractivity contribution in [3.05, 3.63) is 11.1 Å². The van der Waals surface area contributed by atoms with Gasteiger partial charge >= 0.3 is 0 Å². The van der Waals surface area contributed by atoms with Crippen LogP contribution in [0.25, 0.3) is 0 Å². The lowest BCUT2D eigenvalue weighted by Gasteiger charge is -2.22. The van der Waals surface area contributed by atoms with Crippen LogP contribution in [0.3, 0.4) is 0 Å². The predicted molar refractivity (Wildman–Crippen MR) is 77.4 cm³/mol. The van der Waals surface area contributed by atoms with Crippen LogP contribution in [0.15, 0.2) is 9.72 Å². The van der Waals surface area contributed by atoms with Gasteiger partial charge in [-0.05, 0) is 13.3 Å². The van der Waals surface area contributed by atoms with Gasteiger partial charge in [-0.1, -0.05) is 11.8 Å². The first-order valence-electron chi connectivity index (χ1n) is 5.88. The quantitative estimate of drug-likeness (QED) is 0.780. The summed E-state index contributed by atoms with van der Waals surface area (Å²) in [5.74, 6) is 0.546. The van der Waals surface area contributed by atoms with E-state index in [0.29, 0.717) is 12.2 Å². The number of carbonyl (C=O) groups excluding carboxylic acids is 1. The molecule has 1 atom stereocenters. The topological polar surface area (TPSA) is 67.3 Å². The van der Waals surface area contributed by atoms with E-state index in [1.807, 2.05) is 12.3 Å². The molecular formula is C11H16N2O3S3. The van der Waals surface area contributed by atoms with Gasteiger partial charge in [0.05, 0.1) is 17.3 Å². The number of hydrogen-bond acceptors (Lipinski definition) is 6. The van der Waals surface area contributed by atoms with Crippen molar-refractivity contribution in [1.82, 2.24) is 9.88 Å². The first kappa shape index (κ1) is 14.8. The van der Waals surface area contributed by atoms with Gasteiger partial charge in [0.25, 0.3) is 0 Å². The summed E-state index contributed by atoms with van der Waals surface area (Å²) >= 11 is 2.92. The minimum absolute atomic E-state index is 0.0417. The number of carbonyl (C=O) groups is 1. The summed E-state index contributed by atoms with van der Waals surface area (Å²) < 4.78 is 23.7. The molecule has 1 aliphatic heterocycles. The van der Waals surface area contributed by atoms with Crippen LogP contribution < -0.4 is 0 Å². The van der Waals surface area contributed by atoms with Crippen LogP contribution in [0.5, 0.6) is 0 Å². The summed E-state index contributed by atoms with van der Waals surface area (Å²) in [7, 11) is -1.27. The summed E-state index contributed by atoms with van der Waals surface area (Å²) in [6.07, 6.45) is 0.547. The van der Waals surface area contributed by atoms with Crippen LogP contribution in [0, 0.1) is 6.92 Å². The van der Waals surface area contributed by atoms with Crippen molar-refractivity contribution in [2.75, 3.05) is 24.3 Å². The third-order valence-electron chi connectivity index (χ3n) is 3.07. The summed E-state index contributed by atoms with van der Waals surface area (Å²) in [6.45, 7) is 1.91. The maximum Gasteiger partial charge on any atom is 0.233 e. The van der Waals surface area contributed by atoms with E-state index in [-0.39, 0.29) is 23.5 Å². The Morgan fingerprint density at radius 3 is 2.89 bits per heavy atom. The van der Waals surface area contributed by atoms with Crippen molar-refractivity contribution < 1.29 is 13.2 Å². The zero-order valence-electron chi connectivity index (χ0n) is 10.8. The molecule has 1 saturated heterocycles. The lowest BCUT2D eigenvalue weighted by Crippen LogP contribution is -2.38. The second kappa shape index (κ2) is 5.80.